The van der Waals surface area contributed by atoms with Gasteiger partial charge < -0.3 is 14.8 Å². The van der Waals surface area contributed by atoms with Crippen molar-refractivity contribution in [2.24, 2.45) is 0 Å². The summed E-state index contributed by atoms with van der Waals surface area (Å²) in [5, 5.41) is 2.68. The first kappa shape index (κ1) is 19.2. The third-order valence-electron chi connectivity index (χ3n) is 4.19. The molecule has 3 rings (SSSR count). The van der Waals surface area contributed by atoms with Gasteiger partial charge >= 0.3 is 5.97 Å². The fraction of sp³-hybridized carbons (Fsp3) is 0.130. The Balaban J connectivity index is 1.63. The van der Waals surface area contributed by atoms with E-state index in [1.165, 1.54) is 7.11 Å². The fourth-order valence-corrected chi connectivity index (χ4v) is 2.83. The summed E-state index contributed by atoms with van der Waals surface area (Å²) in [4.78, 5) is 24.7. The lowest BCUT2D eigenvalue weighted by Gasteiger charge is -2.11. The van der Waals surface area contributed by atoms with Crippen LogP contribution in [0.5, 0.6) is 5.75 Å². The van der Waals surface area contributed by atoms with Gasteiger partial charge in [0.1, 0.15) is 5.75 Å². The molecule has 1 amide bonds. The van der Waals surface area contributed by atoms with Crippen molar-refractivity contribution in [3.05, 3.63) is 95.6 Å². The van der Waals surface area contributed by atoms with Crippen LogP contribution in [0.3, 0.4) is 0 Å². The van der Waals surface area contributed by atoms with Crippen LogP contribution in [0.1, 0.15) is 21.5 Å². The van der Waals surface area contributed by atoms with E-state index in [2.05, 4.69) is 5.32 Å². The van der Waals surface area contributed by atoms with Gasteiger partial charge in [0.15, 0.2) is 6.61 Å². The highest BCUT2D eigenvalue weighted by molar-refractivity contribution is 5.96. The zero-order chi connectivity index (χ0) is 19.8. The van der Waals surface area contributed by atoms with Crippen LogP contribution in [-0.4, -0.2) is 25.6 Å². The number of carbonyl (C=O) groups excluding carboxylic acids is 2. The number of benzene rings is 3. The molecule has 0 spiro atoms. The molecule has 0 saturated heterocycles. The number of methoxy groups -OCH3 is 1. The molecule has 142 valence electrons. The molecule has 0 aliphatic rings. The Morgan fingerprint density at radius 3 is 2.32 bits per heavy atom. The first-order valence-electron chi connectivity index (χ1n) is 8.89. The van der Waals surface area contributed by atoms with Crippen molar-refractivity contribution in [2.75, 3.05) is 19.0 Å². The third kappa shape index (κ3) is 4.98. The van der Waals surface area contributed by atoms with E-state index in [1.54, 1.807) is 36.4 Å². The van der Waals surface area contributed by atoms with E-state index in [0.717, 1.165) is 11.1 Å². The molecule has 3 aromatic carbocycles. The van der Waals surface area contributed by atoms with Crippen molar-refractivity contribution in [2.45, 2.75) is 6.42 Å². The van der Waals surface area contributed by atoms with Crippen LogP contribution in [0.2, 0.25) is 0 Å². The van der Waals surface area contributed by atoms with Gasteiger partial charge in [-0.1, -0.05) is 60.7 Å². The van der Waals surface area contributed by atoms with E-state index < -0.39 is 11.9 Å². The molecule has 3 aromatic rings. The monoisotopic (exact) mass is 375 g/mol. The molecule has 1 N–H and O–H groups in total. The van der Waals surface area contributed by atoms with Crippen LogP contribution in [0.4, 0.5) is 5.69 Å². The van der Waals surface area contributed by atoms with E-state index in [-0.39, 0.29) is 6.61 Å². The number of amides is 1. The van der Waals surface area contributed by atoms with Gasteiger partial charge in [0.25, 0.3) is 5.91 Å². The number of esters is 1. The summed E-state index contributed by atoms with van der Waals surface area (Å²) in [6.45, 7) is -0.378. The molecule has 0 unspecified atom stereocenters. The lowest BCUT2D eigenvalue weighted by Crippen LogP contribution is -2.21. The smallest absolute Gasteiger partial charge is 0.338 e. The molecule has 0 bridgehead atoms. The Kier molecular flexibility index (Phi) is 6.41. The molecule has 0 heterocycles. The zero-order valence-corrected chi connectivity index (χ0v) is 15.6. The van der Waals surface area contributed by atoms with Crippen molar-refractivity contribution in [1.82, 2.24) is 0 Å². The zero-order valence-electron chi connectivity index (χ0n) is 15.6. The predicted molar refractivity (Wildman–Crippen MR) is 108 cm³/mol. The second-order valence-electron chi connectivity index (χ2n) is 6.14. The summed E-state index contributed by atoms with van der Waals surface area (Å²) < 4.78 is 10.4. The Morgan fingerprint density at radius 2 is 1.54 bits per heavy atom. The molecule has 0 aromatic heterocycles. The van der Waals surface area contributed by atoms with Gasteiger partial charge in [0.05, 0.1) is 18.4 Å². The molecule has 0 atom stereocenters. The highest BCUT2D eigenvalue weighted by Crippen LogP contribution is 2.23. The maximum Gasteiger partial charge on any atom is 0.338 e. The Morgan fingerprint density at radius 1 is 0.857 bits per heavy atom. The van der Waals surface area contributed by atoms with Crippen LogP contribution in [0.25, 0.3) is 0 Å². The predicted octanol–water partition coefficient (Wildman–Crippen LogP) is 4.08. The molecule has 0 fully saturated rings. The second-order valence-corrected chi connectivity index (χ2v) is 6.14. The van der Waals surface area contributed by atoms with Crippen molar-refractivity contribution in [3.63, 3.8) is 0 Å². The van der Waals surface area contributed by atoms with E-state index >= 15 is 0 Å². The maximum atomic E-state index is 12.5. The summed E-state index contributed by atoms with van der Waals surface area (Å²) in [5.74, 6) is -0.421. The first-order valence-corrected chi connectivity index (χ1v) is 8.89. The molecule has 5 nitrogen and oxygen atoms in total. The van der Waals surface area contributed by atoms with Crippen LogP contribution in [-0.2, 0) is 16.0 Å². The minimum atomic E-state index is -0.526. The standard InChI is InChI=1S/C23H21NO4/c1-27-21-14-8-7-13-20(21)24-22(25)16-28-23(26)19-12-6-5-11-18(19)15-17-9-3-2-4-10-17/h2-14H,15-16H2,1H3,(H,24,25). The average Bonchev–Trinajstić information content (AvgIpc) is 2.73. The van der Waals surface area contributed by atoms with Gasteiger partial charge in [0.2, 0.25) is 0 Å². The number of para-hydroxylation sites is 2. The van der Waals surface area contributed by atoms with Gasteiger partial charge in [-0.2, -0.15) is 0 Å². The number of hydrogen-bond donors (Lipinski definition) is 1. The van der Waals surface area contributed by atoms with Crippen molar-refractivity contribution in [3.8, 4) is 5.75 Å². The van der Waals surface area contributed by atoms with E-state index in [1.807, 2.05) is 42.5 Å². The van der Waals surface area contributed by atoms with E-state index in [9.17, 15) is 9.59 Å². The number of carbonyl (C=O) groups is 2. The molecular weight excluding hydrogens is 354 g/mol. The number of anilines is 1. The number of nitrogens with one attached hydrogen (secondary N) is 1. The average molecular weight is 375 g/mol. The molecular formula is C23H21NO4. The van der Waals surface area contributed by atoms with Crippen molar-refractivity contribution < 1.29 is 19.1 Å². The summed E-state index contributed by atoms with van der Waals surface area (Å²) in [6, 6.07) is 24.2. The van der Waals surface area contributed by atoms with Crippen LogP contribution in [0.15, 0.2) is 78.9 Å². The van der Waals surface area contributed by atoms with Gasteiger partial charge in [-0.25, -0.2) is 4.79 Å². The van der Waals surface area contributed by atoms with Gasteiger partial charge in [0, 0.05) is 0 Å². The van der Waals surface area contributed by atoms with Gasteiger partial charge in [-0.15, -0.1) is 0 Å². The Labute approximate surface area is 163 Å². The Bertz CT molecular complexity index is 954. The number of hydrogen-bond acceptors (Lipinski definition) is 4. The molecule has 0 aliphatic heterocycles. The normalized spacial score (nSPS) is 10.2. The molecule has 0 aliphatic carbocycles. The highest BCUT2D eigenvalue weighted by Gasteiger charge is 2.15. The third-order valence-corrected chi connectivity index (χ3v) is 4.19. The fourth-order valence-electron chi connectivity index (χ4n) is 2.83. The summed E-state index contributed by atoms with van der Waals surface area (Å²) in [7, 11) is 1.52. The van der Waals surface area contributed by atoms with Crippen LogP contribution in [0, 0.1) is 0 Å². The molecule has 0 radical (unpaired) electrons. The minimum absolute atomic E-state index is 0.378. The summed E-state index contributed by atoms with van der Waals surface area (Å²) in [5.41, 5.74) is 2.92. The summed E-state index contributed by atoms with van der Waals surface area (Å²) in [6.07, 6.45) is 0.611. The SMILES string of the molecule is COc1ccccc1NC(=O)COC(=O)c1ccccc1Cc1ccccc1. The molecule has 5 heteroatoms. The minimum Gasteiger partial charge on any atom is -0.495 e. The lowest BCUT2D eigenvalue weighted by atomic mass is 10.00. The number of ether oxygens (including phenoxy) is 2. The van der Waals surface area contributed by atoms with Gasteiger partial charge in [-0.05, 0) is 35.7 Å². The second kappa shape index (κ2) is 9.37. The van der Waals surface area contributed by atoms with E-state index in [0.29, 0.717) is 23.4 Å². The van der Waals surface area contributed by atoms with Crippen molar-refractivity contribution >= 4 is 17.6 Å². The molecule has 28 heavy (non-hydrogen) atoms. The summed E-state index contributed by atoms with van der Waals surface area (Å²) >= 11 is 0. The maximum absolute atomic E-state index is 12.5. The highest BCUT2D eigenvalue weighted by atomic mass is 16.5. The first-order chi connectivity index (χ1) is 13.7. The topological polar surface area (TPSA) is 64.6 Å². The largest absolute Gasteiger partial charge is 0.495 e. The quantitative estimate of drug-likeness (QED) is 0.632. The van der Waals surface area contributed by atoms with Crippen molar-refractivity contribution in [1.29, 1.82) is 0 Å². The van der Waals surface area contributed by atoms with E-state index in [4.69, 9.17) is 9.47 Å². The lowest BCUT2D eigenvalue weighted by molar-refractivity contribution is -0.119. The van der Waals surface area contributed by atoms with Crippen LogP contribution < -0.4 is 10.1 Å². The number of rotatable bonds is 7. The van der Waals surface area contributed by atoms with Gasteiger partial charge in [-0.3, -0.25) is 4.79 Å². The Hall–Kier alpha value is -3.60. The molecule has 0 saturated carbocycles. The van der Waals surface area contributed by atoms with Crippen LogP contribution >= 0.6 is 0 Å².